The first-order chi connectivity index (χ1) is 12.6. The first-order valence-electron chi connectivity index (χ1n) is 8.89. The van der Waals surface area contributed by atoms with Crippen LogP contribution in [0.3, 0.4) is 0 Å². The Hall–Kier alpha value is -2.74. The number of anilines is 2. The van der Waals surface area contributed by atoms with Crippen LogP contribution in [0.4, 0.5) is 11.6 Å². The molecule has 1 fully saturated rings. The molecule has 1 aliphatic rings. The zero-order valence-corrected chi connectivity index (χ0v) is 15.5. The van der Waals surface area contributed by atoms with Crippen molar-refractivity contribution in [1.82, 2.24) is 29.6 Å². The van der Waals surface area contributed by atoms with Crippen molar-refractivity contribution in [2.24, 2.45) is 7.05 Å². The van der Waals surface area contributed by atoms with Crippen molar-refractivity contribution in [2.75, 3.05) is 43.4 Å². The maximum absolute atomic E-state index is 4.66. The van der Waals surface area contributed by atoms with E-state index in [1.807, 2.05) is 23.9 Å². The van der Waals surface area contributed by atoms with Crippen LogP contribution in [-0.2, 0) is 13.6 Å². The van der Waals surface area contributed by atoms with E-state index in [1.54, 1.807) is 12.5 Å². The average molecular weight is 352 g/mol. The molecule has 4 rings (SSSR count). The van der Waals surface area contributed by atoms with Crippen molar-refractivity contribution < 1.29 is 0 Å². The minimum absolute atomic E-state index is 0.669. The fraction of sp³-hybridized carbons (Fsp3) is 0.444. The summed E-state index contributed by atoms with van der Waals surface area (Å²) in [4.78, 5) is 17.7. The van der Waals surface area contributed by atoms with Crippen LogP contribution < -0.4 is 10.2 Å². The number of likely N-dealkylation sites (N-methyl/N-ethyl adjacent to an activating group) is 1. The van der Waals surface area contributed by atoms with Gasteiger partial charge in [0.1, 0.15) is 18.0 Å². The molecule has 1 N–H and O–H groups in total. The van der Waals surface area contributed by atoms with Gasteiger partial charge in [-0.1, -0.05) is 0 Å². The number of piperazine rings is 1. The van der Waals surface area contributed by atoms with Gasteiger partial charge in [-0.15, -0.1) is 0 Å². The third-order valence-corrected chi connectivity index (χ3v) is 4.96. The Kier molecular flexibility index (Phi) is 4.42. The van der Waals surface area contributed by atoms with Gasteiger partial charge in [0, 0.05) is 51.5 Å². The average Bonchev–Trinajstić information content (AvgIpc) is 2.94. The maximum atomic E-state index is 4.66. The number of aryl methyl sites for hydroxylation is 2. The van der Waals surface area contributed by atoms with E-state index in [4.69, 9.17) is 0 Å². The Morgan fingerprint density at radius 2 is 1.88 bits per heavy atom. The van der Waals surface area contributed by atoms with E-state index in [0.29, 0.717) is 12.2 Å². The topological polar surface area (TPSA) is 75.0 Å². The van der Waals surface area contributed by atoms with Crippen molar-refractivity contribution in [3.8, 4) is 0 Å². The molecule has 3 aromatic rings. The number of hydrogen-bond acceptors (Lipinski definition) is 7. The molecule has 0 bridgehead atoms. The molecule has 0 saturated carbocycles. The van der Waals surface area contributed by atoms with Gasteiger partial charge in [-0.3, -0.25) is 4.68 Å². The molecule has 8 heteroatoms. The van der Waals surface area contributed by atoms with Crippen molar-refractivity contribution >= 4 is 22.7 Å². The second-order valence-electron chi connectivity index (χ2n) is 6.75. The lowest BCUT2D eigenvalue weighted by Crippen LogP contribution is -2.45. The third-order valence-electron chi connectivity index (χ3n) is 4.96. The second-order valence-corrected chi connectivity index (χ2v) is 6.75. The molecule has 0 unspecified atom stereocenters. The van der Waals surface area contributed by atoms with Crippen LogP contribution in [0.5, 0.6) is 0 Å². The van der Waals surface area contributed by atoms with Crippen LogP contribution in [0.25, 0.3) is 11.0 Å². The highest BCUT2D eigenvalue weighted by molar-refractivity contribution is 5.85. The summed E-state index contributed by atoms with van der Waals surface area (Å²) in [6, 6.07) is 3.89. The third kappa shape index (κ3) is 3.08. The first-order valence-corrected chi connectivity index (χ1v) is 8.89. The first kappa shape index (κ1) is 16.7. The van der Waals surface area contributed by atoms with Gasteiger partial charge in [-0.2, -0.15) is 5.10 Å². The van der Waals surface area contributed by atoms with E-state index < -0.39 is 0 Å². The molecule has 8 nitrogen and oxygen atoms in total. The van der Waals surface area contributed by atoms with Gasteiger partial charge in [0.25, 0.3) is 0 Å². The quantitative estimate of drug-likeness (QED) is 0.761. The number of pyridine rings is 1. The molecular weight excluding hydrogens is 328 g/mol. The van der Waals surface area contributed by atoms with E-state index in [-0.39, 0.29) is 0 Å². The van der Waals surface area contributed by atoms with Crippen LogP contribution >= 0.6 is 0 Å². The summed E-state index contributed by atoms with van der Waals surface area (Å²) in [6.45, 7) is 6.91. The van der Waals surface area contributed by atoms with Crippen LogP contribution in [0.1, 0.15) is 11.3 Å². The van der Waals surface area contributed by atoms with E-state index in [2.05, 4.69) is 49.1 Å². The summed E-state index contributed by atoms with van der Waals surface area (Å²) in [5.74, 6) is 2.00. The van der Waals surface area contributed by atoms with E-state index >= 15 is 0 Å². The van der Waals surface area contributed by atoms with E-state index in [1.165, 1.54) is 11.4 Å². The Balaban J connectivity index is 1.60. The zero-order valence-electron chi connectivity index (χ0n) is 15.5. The molecular formula is C18H24N8. The van der Waals surface area contributed by atoms with Gasteiger partial charge in [0.2, 0.25) is 0 Å². The molecule has 136 valence electrons. The molecule has 0 atom stereocenters. The summed E-state index contributed by atoms with van der Waals surface area (Å²) >= 11 is 0. The fourth-order valence-electron chi connectivity index (χ4n) is 3.52. The Labute approximate surface area is 152 Å². The molecule has 3 aromatic heterocycles. The predicted molar refractivity (Wildman–Crippen MR) is 102 cm³/mol. The summed E-state index contributed by atoms with van der Waals surface area (Å²) < 4.78 is 2.00. The highest BCUT2D eigenvalue weighted by atomic mass is 15.4. The highest BCUT2D eigenvalue weighted by Crippen LogP contribution is 2.26. The van der Waals surface area contributed by atoms with Gasteiger partial charge >= 0.3 is 0 Å². The van der Waals surface area contributed by atoms with Crippen LogP contribution in [0.2, 0.25) is 0 Å². The minimum Gasteiger partial charge on any atom is -0.365 e. The van der Waals surface area contributed by atoms with Gasteiger partial charge in [-0.25, -0.2) is 15.0 Å². The van der Waals surface area contributed by atoms with Crippen LogP contribution in [0.15, 0.2) is 24.7 Å². The number of nitrogens with one attached hydrogen (secondary N) is 1. The van der Waals surface area contributed by atoms with Crippen LogP contribution in [0, 0.1) is 6.92 Å². The number of nitrogens with zero attached hydrogens (tertiary/aromatic N) is 7. The van der Waals surface area contributed by atoms with Crippen molar-refractivity contribution in [2.45, 2.75) is 13.5 Å². The molecule has 26 heavy (non-hydrogen) atoms. The molecule has 0 radical (unpaired) electrons. The molecule has 1 saturated heterocycles. The van der Waals surface area contributed by atoms with Crippen molar-refractivity contribution in [1.29, 1.82) is 0 Å². The van der Waals surface area contributed by atoms with Gasteiger partial charge < -0.3 is 15.1 Å². The standard InChI is InChI=1S/C18H24N8/c1-13-15(18(25(3)23-13)26-9-7-24(2)8-10-26)11-20-17-14-5-4-6-19-16(14)21-12-22-17/h4-6,12H,7-11H2,1-3H3,(H,19,20,21,22). The zero-order chi connectivity index (χ0) is 18.1. The lowest BCUT2D eigenvalue weighted by atomic mass is 10.2. The Morgan fingerprint density at radius 3 is 2.69 bits per heavy atom. The lowest BCUT2D eigenvalue weighted by molar-refractivity contribution is 0.310. The molecule has 1 aliphatic heterocycles. The van der Waals surface area contributed by atoms with E-state index in [9.17, 15) is 0 Å². The predicted octanol–water partition coefficient (Wildman–Crippen LogP) is 1.43. The normalized spacial score (nSPS) is 15.6. The Morgan fingerprint density at radius 1 is 1.08 bits per heavy atom. The maximum Gasteiger partial charge on any atom is 0.164 e. The Bertz CT molecular complexity index is 905. The highest BCUT2D eigenvalue weighted by Gasteiger charge is 2.22. The van der Waals surface area contributed by atoms with Crippen LogP contribution in [-0.4, -0.2) is 62.9 Å². The monoisotopic (exact) mass is 352 g/mol. The van der Waals surface area contributed by atoms with Gasteiger partial charge in [-0.05, 0) is 26.1 Å². The molecule has 4 heterocycles. The van der Waals surface area contributed by atoms with Crippen molar-refractivity contribution in [3.05, 3.63) is 35.9 Å². The minimum atomic E-state index is 0.669. The second kappa shape index (κ2) is 6.87. The molecule has 0 amide bonds. The summed E-state index contributed by atoms with van der Waals surface area (Å²) in [7, 11) is 4.19. The largest absolute Gasteiger partial charge is 0.365 e. The smallest absolute Gasteiger partial charge is 0.164 e. The van der Waals surface area contributed by atoms with Gasteiger partial charge in [0.05, 0.1) is 11.1 Å². The molecule has 0 aromatic carbocycles. The number of rotatable bonds is 4. The fourth-order valence-corrected chi connectivity index (χ4v) is 3.52. The summed E-state index contributed by atoms with van der Waals surface area (Å²) in [5.41, 5.74) is 2.96. The van der Waals surface area contributed by atoms with E-state index in [0.717, 1.165) is 43.1 Å². The molecule has 0 aliphatic carbocycles. The molecule has 0 spiro atoms. The number of aromatic nitrogens is 5. The lowest BCUT2D eigenvalue weighted by Gasteiger charge is -2.34. The van der Waals surface area contributed by atoms with Gasteiger partial charge in [0.15, 0.2) is 5.65 Å². The number of hydrogen-bond donors (Lipinski definition) is 1. The number of fused-ring (bicyclic) bond motifs is 1. The summed E-state index contributed by atoms with van der Waals surface area (Å²) in [6.07, 6.45) is 3.30. The summed E-state index contributed by atoms with van der Waals surface area (Å²) in [5, 5.41) is 9.05. The van der Waals surface area contributed by atoms with Crippen molar-refractivity contribution in [3.63, 3.8) is 0 Å². The SMILES string of the molecule is Cc1nn(C)c(N2CCN(C)CC2)c1CNc1ncnc2ncccc12.